The first-order valence-electron chi connectivity index (χ1n) is 8.09. The van der Waals surface area contributed by atoms with Crippen LogP contribution in [0.25, 0.3) is 21.3 Å². The van der Waals surface area contributed by atoms with Gasteiger partial charge in [0, 0.05) is 19.2 Å². The Balaban J connectivity index is 1.57. The predicted molar refractivity (Wildman–Crippen MR) is 98.6 cm³/mol. The monoisotopic (exact) mass is 351 g/mol. The van der Waals surface area contributed by atoms with Gasteiger partial charge in [0.2, 0.25) is 0 Å². The van der Waals surface area contributed by atoms with Crippen molar-refractivity contribution in [2.24, 2.45) is 0 Å². The average molecular weight is 351 g/mol. The highest BCUT2D eigenvalue weighted by Gasteiger charge is 2.16. The normalized spacial score (nSPS) is 11.3. The molecule has 1 amide bonds. The van der Waals surface area contributed by atoms with E-state index in [1.54, 1.807) is 29.4 Å². The van der Waals surface area contributed by atoms with Crippen molar-refractivity contribution in [1.29, 1.82) is 0 Å². The van der Waals surface area contributed by atoms with E-state index in [0.29, 0.717) is 12.1 Å². The van der Waals surface area contributed by atoms with E-state index in [9.17, 15) is 4.79 Å². The van der Waals surface area contributed by atoms with Crippen molar-refractivity contribution >= 4 is 38.5 Å². The van der Waals surface area contributed by atoms with Crippen molar-refractivity contribution in [3.05, 3.63) is 53.0 Å². The molecule has 2 aromatic heterocycles. The molecule has 0 radical (unpaired) electrons. The van der Waals surface area contributed by atoms with Gasteiger partial charge in [-0.25, -0.2) is 9.67 Å². The minimum absolute atomic E-state index is 0.0489. The number of carbonyl (C=O) groups excluding carboxylic acids is 1. The number of hydrogen-bond donors (Lipinski definition) is 0. The lowest BCUT2D eigenvalue weighted by atomic mass is 10.1. The molecule has 6 nitrogen and oxygen atoms in total. The van der Waals surface area contributed by atoms with Crippen molar-refractivity contribution in [3.8, 4) is 0 Å². The molecule has 25 heavy (non-hydrogen) atoms. The Morgan fingerprint density at radius 1 is 1.20 bits per heavy atom. The van der Waals surface area contributed by atoms with E-state index < -0.39 is 0 Å². The lowest BCUT2D eigenvalue weighted by Crippen LogP contribution is -2.26. The molecule has 4 rings (SSSR count). The Morgan fingerprint density at radius 2 is 2.04 bits per heavy atom. The highest BCUT2D eigenvalue weighted by molar-refractivity contribution is 7.18. The zero-order chi connectivity index (χ0) is 17.4. The minimum atomic E-state index is -0.0489. The predicted octanol–water partition coefficient (Wildman–Crippen LogP) is 3.33. The van der Waals surface area contributed by atoms with Gasteiger partial charge in [0.15, 0.2) is 0 Å². The molecular formula is C18H17N5OS. The second kappa shape index (κ2) is 6.25. The largest absolute Gasteiger partial charge is 0.335 e. The molecule has 4 aromatic rings. The van der Waals surface area contributed by atoms with Crippen molar-refractivity contribution in [1.82, 2.24) is 24.9 Å². The van der Waals surface area contributed by atoms with Crippen molar-refractivity contribution in [2.75, 3.05) is 7.05 Å². The molecule has 0 aliphatic rings. The fourth-order valence-electron chi connectivity index (χ4n) is 2.82. The first-order valence-corrected chi connectivity index (χ1v) is 8.90. The molecule has 0 saturated heterocycles. The Bertz CT molecular complexity index is 1030. The smallest absolute Gasteiger partial charge is 0.254 e. The molecule has 0 fully saturated rings. The van der Waals surface area contributed by atoms with E-state index in [0.717, 1.165) is 32.8 Å². The van der Waals surface area contributed by atoms with Crippen LogP contribution in [0.3, 0.4) is 0 Å². The van der Waals surface area contributed by atoms with Crippen LogP contribution in [0.2, 0.25) is 0 Å². The summed E-state index contributed by atoms with van der Waals surface area (Å²) in [5.74, 6) is -0.0489. The Kier molecular flexibility index (Phi) is 3.93. The van der Waals surface area contributed by atoms with Crippen LogP contribution in [-0.4, -0.2) is 37.8 Å². The van der Waals surface area contributed by atoms with E-state index in [1.807, 2.05) is 48.0 Å². The highest BCUT2D eigenvalue weighted by atomic mass is 32.1. The van der Waals surface area contributed by atoms with Gasteiger partial charge in [-0.05, 0) is 37.3 Å². The Hall–Kier alpha value is -2.80. The van der Waals surface area contributed by atoms with Gasteiger partial charge < -0.3 is 4.90 Å². The van der Waals surface area contributed by atoms with E-state index in [1.165, 1.54) is 0 Å². The number of para-hydroxylation sites is 1. The number of aromatic nitrogens is 4. The summed E-state index contributed by atoms with van der Waals surface area (Å²) < 4.78 is 2.95. The topological polar surface area (TPSA) is 63.9 Å². The molecule has 126 valence electrons. The van der Waals surface area contributed by atoms with E-state index >= 15 is 0 Å². The molecule has 0 unspecified atom stereocenters. The van der Waals surface area contributed by atoms with Crippen LogP contribution in [-0.2, 0) is 13.1 Å². The quantitative estimate of drug-likeness (QED) is 0.566. The second-order valence-corrected chi connectivity index (χ2v) is 6.96. The number of benzene rings is 2. The Labute approximate surface area is 148 Å². The number of hydrogen-bond acceptors (Lipinski definition) is 5. The number of nitrogens with zero attached hydrogens (tertiary/aromatic N) is 5. The van der Waals surface area contributed by atoms with Gasteiger partial charge in [-0.1, -0.05) is 17.3 Å². The zero-order valence-corrected chi connectivity index (χ0v) is 14.8. The third-order valence-corrected chi connectivity index (χ3v) is 5.14. The molecule has 0 bridgehead atoms. The summed E-state index contributed by atoms with van der Waals surface area (Å²) in [6, 6.07) is 13.5. The molecular weight excluding hydrogens is 334 g/mol. The van der Waals surface area contributed by atoms with Gasteiger partial charge in [-0.2, -0.15) is 0 Å². The standard InChI is InChI=1S/C18H17N5OS/c1-3-23-15-9-8-12(10-14(15)20-21-23)18(24)22(2)11-17-19-13-6-4-5-7-16(13)25-17/h4-10H,3,11H2,1-2H3. The van der Waals surface area contributed by atoms with Crippen LogP contribution in [0, 0.1) is 0 Å². The summed E-state index contributed by atoms with van der Waals surface area (Å²) in [5, 5.41) is 9.15. The molecule has 0 aliphatic heterocycles. The average Bonchev–Trinajstić information content (AvgIpc) is 3.23. The fourth-order valence-corrected chi connectivity index (χ4v) is 3.84. The number of fused-ring (bicyclic) bond motifs is 2. The molecule has 7 heteroatoms. The lowest BCUT2D eigenvalue weighted by molar-refractivity contribution is 0.0785. The van der Waals surface area contributed by atoms with Crippen LogP contribution in [0.5, 0.6) is 0 Å². The van der Waals surface area contributed by atoms with E-state index in [2.05, 4.69) is 15.3 Å². The first-order chi connectivity index (χ1) is 12.2. The highest BCUT2D eigenvalue weighted by Crippen LogP contribution is 2.23. The van der Waals surface area contributed by atoms with Crippen LogP contribution in [0.4, 0.5) is 0 Å². The molecule has 0 atom stereocenters. The lowest BCUT2D eigenvalue weighted by Gasteiger charge is -2.15. The number of rotatable bonds is 4. The van der Waals surface area contributed by atoms with E-state index in [-0.39, 0.29) is 5.91 Å². The summed E-state index contributed by atoms with van der Waals surface area (Å²) in [7, 11) is 1.79. The number of carbonyl (C=O) groups is 1. The number of amides is 1. The molecule has 2 aromatic carbocycles. The maximum absolute atomic E-state index is 12.7. The van der Waals surface area contributed by atoms with Gasteiger partial charge >= 0.3 is 0 Å². The molecule has 0 spiro atoms. The SMILES string of the molecule is CCn1nnc2cc(C(=O)N(C)Cc3nc4ccccc4s3)ccc21. The van der Waals surface area contributed by atoms with Gasteiger partial charge in [0.05, 0.1) is 22.3 Å². The maximum Gasteiger partial charge on any atom is 0.254 e. The maximum atomic E-state index is 12.7. The summed E-state index contributed by atoms with van der Waals surface area (Å²) in [6.45, 7) is 3.25. The van der Waals surface area contributed by atoms with Crippen molar-refractivity contribution < 1.29 is 4.79 Å². The third-order valence-electron chi connectivity index (χ3n) is 4.12. The van der Waals surface area contributed by atoms with Crippen molar-refractivity contribution in [3.63, 3.8) is 0 Å². The van der Waals surface area contributed by atoms with Crippen LogP contribution >= 0.6 is 11.3 Å². The number of thiazole rings is 1. The first kappa shape index (κ1) is 15.7. The summed E-state index contributed by atoms with van der Waals surface area (Å²) in [6.07, 6.45) is 0. The Morgan fingerprint density at radius 3 is 2.84 bits per heavy atom. The molecule has 0 aliphatic carbocycles. The van der Waals surface area contributed by atoms with Gasteiger partial charge in [0.1, 0.15) is 10.5 Å². The van der Waals surface area contributed by atoms with Crippen LogP contribution < -0.4 is 0 Å². The van der Waals surface area contributed by atoms with E-state index in [4.69, 9.17) is 0 Å². The minimum Gasteiger partial charge on any atom is -0.335 e. The van der Waals surface area contributed by atoms with Crippen molar-refractivity contribution in [2.45, 2.75) is 20.0 Å². The number of aryl methyl sites for hydroxylation is 1. The molecule has 0 N–H and O–H groups in total. The third kappa shape index (κ3) is 2.87. The van der Waals surface area contributed by atoms with Gasteiger partial charge in [-0.15, -0.1) is 16.4 Å². The van der Waals surface area contributed by atoms with Crippen LogP contribution in [0.1, 0.15) is 22.3 Å². The van der Waals surface area contributed by atoms with Gasteiger partial charge in [-0.3, -0.25) is 4.79 Å². The fraction of sp³-hybridized carbons (Fsp3) is 0.222. The van der Waals surface area contributed by atoms with Crippen LogP contribution in [0.15, 0.2) is 42.5 Å². The summed E-state index contributed by atoms with van der Waals surface area (Å²) in [5.41, 5.74) is 3.26. The zero-order valence-electron chi connectivity index (χ0n) is 14.0. The van der Waals surface area contributed by atoms with Gasteiger partial charge in [0.25, 0.3) is 5.91 Å². The summed E-state index contributed by atoms with van der Waals surface area (Å²) in [4.78, 5) is 19.0. The molecule has 0 saturated carbocycles. The molecule has 2 heterocycles. The second-order valence-electron chi connectivity index (χ2n) is 5.85. The summed E-state index contributed by atoms with van der Waals surface area (Å²) >= 11 is 1.62.